The fourth-order valence-corrected chi connectivity index (χ4v) is 7.87. The molecule has 0 heterocycles. The zero-order valence-corrected chi connectivity index (χ0v) is 15.4. The molecule has 0 aliphatic carbocycles. The first-order chi connectivity index (χ1) is 9.92. The normalized spacial score (nSPS) is 12.4. The first kappa shape index (κ1) is 16.9. The van der Waals surface area contributed by atoms with E-state index < -0.39 is 0 Å². The smallest absolute Gasteiger partial charge is 0.0463 e. The van der Waals surface area contributed by atoms with Gasteiger partial charge in [0.2, 0.25) is 0 Å². The van der Waals surface area contributed by atoms with E-state index in [1.165, 1.54) is 11.1 Å². The van der Waals surface area contributed by atoms with Crippen LogP contribution in [-0.2, 0) is 9.49 Å². The summed E-state index contributed by atoms with van der Waals surface area (Å²) >= 11 is 0. The Morgan fingerprint density at radius 3 is 1.24 bits per heavy atom. The highest BCUT2D eigenvalue weighted by Crippen LogP contribution is 2.54. The van der Waals surface area contributed by atoms with Gasteiger partial charge in [-0.3, -0.25) is 0 Å². The van der Waals surface area contributed by atoms with Gasteiger partial charge in [0, 0.05) is 9.49 Å². The molecule has 0 aliphatic heterocycles. The van der Waals surface area contributed by atoms with E-state index in [-0.39, 0.29) is 9.49 Å². The molecule has 3 heteroatoms. The van der Waals surface area contributed by atoms with E-state index in [0.29, 0.717) is 0 Å². The molecule has 0 amide bonds. The molecule has 112 valence electrons. The summed E-state index contributed by atoms with van der Waals surface area (Å²) < 4.78 is 0.234. The maximum absolute atomic E-state index is 2.29. The van der Waals surface area contributed by atoms with Crippen LogP contribution in [0, 0.1) is 0 Å². The van der Waals surface area contributed by atoms with Gasteiger partial charge in [0.15, 0.2) is 0 Å². The molecule has 2 aromatic rings. The van der Waals surface area contributed by atoms with Crippen LogP contribution in [0.25, 0.3) is 0 Å². The molecule has 0 radical (unpaired) electrons. The van der Waals surface area contributed by atoms with E-state index in [9.17, 15) is 0 Å². The molecule has 0 unspecified atom stereocenters. The molecule has 0 nitrogen and oxygen atoms in total. The SMILES string of the molecule is CC(C)(SSSC(C)(C)c1ccccc1)c1ccccc1. The molecule has 21 heavy (non-hydrogen) atoms. The molecular weight excluding hydrogens is 312 g/mol. The summed E-state index contributed by atoms with van der Waals surface area (Å²) in [7, 11) is 5.76. The van der Waals surface area contributed by atoms with Crippen molar-refractivity contribution in [2.75, 3.05) is 0 Å². The van der Waals surface area contributed by atoms with Gasteiger partial charge >= 0.3 is 0 Å². The Bertz CT molecular complexity index is 496. The lowest BCUT2D eigenvalue weighted by molar-refractivity contribution is 0.788. The maximum atomic E-state index is 2.29. The van der Waals surface area contributed by atoms with Gasteiger partial charge in [0.25, 0.3) is 0 Å². The minimum atomic E-state index is 0.117. The van der Waals surface area contributed by atoms with E-state index in [0.717, 1.165) is 0 Å². The lowest BCUT2D eigenvalue weighted by Gasteiger charge is -2.27. The number of hydrogen-bond donors (Lipinski definition) is 0. The van der Waals surface area contributed by atoms with Gasteiger partial charge < -0.3 is 0 Å². The van der Waals surface area contributed by atoms with Crippen molar-refractivity contribution in [2.24, 2.45) is 0 Å². The number of hydrogen-bond acceptors (Lipinski definition) is 3. The van der Waals surface area contributed by atoms with E-state index in [1.54, 1.807) is 0 Å². The van der Waals surface area contributed by atoms with Crippen molar-refractivity contribution < 1.29 is 0 Å². The lowest BCUT2D eigenvalue weighted by Crippen LogP contribution is -2.12. The van der Waals surface area contributed by atoms with Crippen LogP contribution in [0.3, 0.4) is 0 Å². The van der Waals surface area contributed by atoms with Crippen LogP contribution in [0.2, 0.25) is 0 Å². The van der Waals surface area contributed by atoms with Gasteiger partial charge in [-0.05, 0) is 48.6 Å². The molecule has 0 fully saturated rings. The third-order valence-electron chi connectivity index (χ3n) is 3.42. The average molecular weight is 335 g/mol. The van der Waals surface area contributed by atoms with Crippen LogP contribution in [-0.4, -0.2) is 0 Å². The first-order valence-electron chi connectivity index (χ1n) is 7.06. The monoisotopic (exact) mass is 334 g/mol. The number of rotatable bonds is 6. The molecule has 0 spiro atoms. The Morgan fingerprint density at radius 2 is 0.905 bits per heavy atom. The van der Waals surface area contributed by atoms with Crippen LogP contribution >= 0.6 is 31.4 Å². The third kappa shape index (κ3) is 4.73. The van der Waals surface area contributed by atoms with Crippen LogP contribution in [0.4, 0.5) is 0 Å². The predicted molar refractivity (Wildman–Crippen MR) is 102 cm³/mol. The molecular formula is C18H22S3. The minimum Gasteiger partial charge on any atom is -0.0714 e. The third-order valence-corrected chi connectivity index (χ3v) is 9.00. The van der Waals surface area contributed by atoms with E-state index in [1.807, 2.05) is 31.4 Å². The fourth-order valence-electron chi connectivity index (χ4n) is 1.96. The van der Waals surface area contributed by atoms with E-state index in [2.05, 4.69) is 88.4 Å². The van der Waals surface area contributed by atoms with E-state index in [4.69, 9.17) is 0 Å². The van der Waals surface area contributed by atoms with E-state index >= 15 is 0 Å². The van der Waals surface area contributed by atoms with Gasteiger partial charge in [-0.1, -0.05) is 82.3 Å². The average Bonchev–Trinajstić information content (AvgIpc) is 2.49. The zero-order chi connectivity index (χ0) is 15.3. The van der Waals surface area contributed by atoms with Crippen molar-refractivity contribution in [1.82, 2.24) is 0 Å². The van der Waals surface area contributed by atoms with Crippen molar-refractivity contribution in [1.29, 1.82) is 0 Å². The molecule has 0 saturated heterocycles. The van der Waals surface area contributed by atoms with Crippen LogP contribution in [0.15, 0.2) is 60.7 Å². The molecule has 0 bridgehead atoms. The first-order valence-corrected chi connectivity index (χ1v) is 10.5. The maximum Gasteiger partial charge on any atom is 0.0463 e. The number of benzene rings is 2. The second-order valence-electron chi connectivity index (χ2n) is 5.99. The Kier molecular flexibility index (Phi) is 5.75. The summed E-state index contributed by atoms with van der Waals surface area (Å²) in [5, 5.41) is 0. The largest absolute Gasteiger partial charge is 0.0714 e. The summed E-state index contributed by atoms with van der Waals surface area (Å²) in [6.07, 6.45) is 0. The highest BCUT2D eigenvalue weighted by molar-refractivity contribution is 9.09. The molecule has 0 N–H and O–H groups in total. The second kappa shape index (κ2) is 7.17. The summed E-state index contributed by atoms with van der Waals surface area (Å²) in [5.41, 5.74) is 2.75. The van der Waals surface area contributed by atoms with Crippen molar-refractivity contribution >= 4 is 31.4 Å². The molecule has 2 aromatic carbocycles. The van der Waals surface area contributed by atoms with Crippen LogP contribution < -0.4 is 0 Å². The Morgan fingerprint density at radius 1 is 0.571 bits per heavy atom. The molecule has 0 aliphatic rings. The predicted octanol–water partition coefficient (Wildman–Crippen LogP) is 6.89. The van der Waals surface area contributed by atoms with Gasteiger partial charge in [-0.15, -0.1) is 0 Å². The quantitative estimate of drug-likeness (QED) is 0.528. The topological polar surface area (TPSA) is 0 Å². The van der Waals surface area contributed by atoms with Gasteiger partial charge in [-0.25, -0.2) is 0 Å². The Hall–Kier alpha value is -0.510. The minimum absolute atomic E-state index is 0.117. The van der Waals surface area contributed by atoms with Crippen LogP contribution in [0.1, 0.15) is 38.8 Å². The molecule has 0 saturated carbocycles. The summed E-state index contributed by atoms with van der Waals surface area (Å²) in [4.78, 5) is 0. The van der Waals surface area contributed by atoms with Crippen molar-refractivity contribution in [3.05, 3.63) is 71.8 Å². The molecule has 0 atom stereocenters. The Labute approximate surface area is 140 Å². The molecule has 2 rings (SSSR count). The van der Waals surface area contributed by atoms with Gasteiger partial charge in [0.1, 0.15) is 0 Å². The standard InChI is InChI=1S/C18H22S3/c1-17(2,15-11-7-5-8-12-15)19-21-20-18(3,4)16-13-9-6-10-14-16/h5-14H,1-4H3. The van der Waals surface area contributed by atoms with Crippen molar-refractivity contribution in [2.45, 2.75) is 37.2 Å². The Balaban J connectivity index is 1.95. The van der Waals surface area contributed by atoms with Gasteiger partial charge in [-0.2, -0.15) is 0 Å². The summed E-state index contributed by atoms with van der Waals surface area (Å²) in [5.74, 6) is 0. The second-order valence-corrected chi connectivity index (χ2v) is 11.1. The summed E-state index contributed by atoms with van der Waals surface area (Å²) in [6.45, 7) is 9.15. The summed E-state index contributed by atoms with van der Waals surface area (Å²) in [6, 6.07) is 21.4. The lowest BCUT2D eigenvalue weighted by atomic mass is 10.0. The molecule has 0 aromatic heterocycles. The van der Waals surface area contributed by atoms with Gasteiger partial charge in [0.05, 0.1) is 0 Å². The van der Waals surface area contributed by atoms with Crippen LogP contribution in [0.5, 0.6) is 0 Å². The highest BCUT2D eigenvalue weighted by atomic mass is 33.5. The fraction of sp³-hybridized carbons (Fsp3) is 0.333. The van der Waals surface area contributed by atoms with Crippen molar-refractivity contribution in [3.63, 3.8) is 0 Å². The zero-order valence-electron chi connectivity index (χ0n) is 13.0. The highest BCUT2D eigenvalue weighted by Gasteiger charge is 2.26. The van der Waals surface area contributed by atoms with Crippen molar-refractivity contribution in [3.8, 4) is 0 Å².